The number of nitrogens with zero attached hydrogens (tertiary/aromatic N) is 1. The molecule has 2 aliphatic heterocycles. The minimum Gasteiger partial charge on any atom is -0.342 e. The molecule has 2 unspecified atom stereocenters. The average Bonchev–Trinajstić information content (AvgIpc) is 3.01. The molecule has 6 aliphatic rings. The van der Waals surface area contributed by atoms with Gasteiger partial charge in [-0.25, -0.2) is 0 Å². The molecule has 0 radical (unpaired) electrons. The zero-order chi connectivity index (χ0) is 18.2. The van der Waals surface area contributed by atoms with Crippen molar-refractivity contribution in [3.8, 4) is 0 Å². The molecule has 26 heavy (non-hydrogen) atoms. The van der Waals surface area contributed by atoms with Gasteiger partial charge in [-0.2, -0.15) is 13.2 Å². The van der Waals surface area contributed by atoms with Crippen LogP contribution in [0.2, 0.25) is 0 Å². The minimum atomic E-state index is -4.17. The summed E-state index contributed by atoms with van der Waals surface area (Å²) >= 11 is 0. The van der Waals surface area contributed by atoms with Crippen molar-refractivity contribution >= 4 is 5.91 Å². The second-order valence-electron chi connectivity index (χ2n) is 10.2. The summed E-state index contributed by atoms with van der Waals surface area (Å²) in [7, 11) is 0. The van der Waals surface area contributed by atoms with Crippen LogP contribution in [0.4, 0.5) is 13.2 Å². The molecule has 0 aromatic rings. The molecule has 4 aliphatic carbocycles. The SMILES string of the molecule is O=C(N1CCC2(CCNC2)CC1)C12CC3CC(C1)CC(C(F)(F)F)(C3)C2. The Bertz CT molecular complexity index is 587. The molecule has 6 rings (SSSR count). The van der Waals surface area contributed by atoms with E-state index in [0.29, 0.717) is 18.3 Å². The molecule has 1 amide bonds. The average molecular weight is 370 g/mol. The molecule has 1 spiro atoms. The van der Waals surface area contributed by atoms with E-state index >= 15 is 0 Å². The van der Waals surface area contributed by atoms with Gasteiger partial charge in [-0.3, -0.25) is 4.79 Å². The number of amides is 1. The van der Waals surface area contributed by atoms with Crippen LogP contribution in [0.15, 0.2) is 0 Å². The molecule has 0 aromatic heterocycles. The van der Waals surface area contributed by atoms with E-state index in [2.05, 4.69) is 5.32 Å². The molecule has 2 saturated heterocycles. The maximum absolute atomic E-state index is 13.9. The van der Waals surface area contributed by atoms with E-state index in [4.69, 9.17) is 0 Å². The highest BCUT2D eigenvalue weighted by molar-refractivity contribution is 5.83. The molecule has 4 bridgehead atoms. The second kappa shape index (κ2) is 5.39. The summed E-state index contributed by atoms with van der Waals surface area (Å²) in [5.41, 5.74) is -1.98. The molecular weight excluding hydrogens is 341 g/mol. The number of halogens is 3. The minimum absolute atomic E-state index is 0.0541. The van der Waals surface area contributed by atoms with Crippen LogP contribution in [0.3, 0.4) is 0 Å². The Kier molecular flexibility index (Phi) is 3.59. The van der Waals surface area contributed by atoms with Gasteiger partial charge < -0.3 is 10.2 Å². The van der Waals surface area contributed by atoms with Crippen molar-refractivity contribution in [2.24, 2.45) is 28.1 Å². The van der Waals surface area contributed by atoms with Crippen molar-refractivity contribution in [1.82, 2.24) is 10.2 Å². The third-order valence-electron chi connectivity index (χ3n) is 8.56. The van der Waals surface area contributed by atoms with E-state index in [1.54, 1.807) is 0 Å². The van der Waals surface area contributed by atoms with Crippen molar-refractivity contribution in [2.75, 3.05) is 26.2 Å². The summed E-state index contributed by atoms with van der Waals surface area (Å²) in [6.45, 7) is 3.55. The van der Waals surface area contributed by atoms with Crippen LogP contribution in [-0.4, -0.2) is 43.2 Å². The summed E-state index contributed by atoms with van der Waals surface area (Å²) in [4.78, 5) is 15.4. The maximum atomic E-state index is 13.9. The quantitative estimate of drug-likeness (QED) is 0.763. The van der Waals surface area contributed by atoms with Crippen LogP contribution in [0.5, 0.6) is 0 Å². The number of carbonyl (C=O) groups is 1. The molecule has 6 heteroatoms. The lowest BCUT2D eigenvalue weighted by Crippen LogP contribution is -2.62. The number of hydrogen-bond donors (Lipinski definition) is 1. The maximum Gasteiger partial charge on any atom is 0.394 e. The molecule has 1 N–H and O–H groups in total. The zero-order valence-corrected chi connectivity index (χ0v) is 15.3. The van der Waals surface area contributed by atoms with Crippen LogP contribution in [0, 0.1) is 28.1 Å². The van der Waals surface area contributed by atoms with E-state index in [9.17, 15) is 18.0 Å². The number of alkyl halides is 3. The van der Waals surface area contributed by atoms with Gasteiger partial charge in [-0.15, -0.1) is 0 Å². The van der Waals surface area contributed by atoms with Crippen LogP contribution >= 0.6 is 0 Å². The van der Waals surface area contributed by atoms with Crippen molar-refractivity contribution in [3.63, 3.8) is 0 Å². The highest BCUT2D eigenvalue weighted by Crippen LogP contribution is 2.69. The number of likely N-dealkylation sites (tertiary alicyclic amines) is 1. The Morgan fingerprint density at radius 3 is 2.19 bits per heavy atom. The van der Waals surface area contributed by atoms with E-state index in [-0.39, 0.29) is 37.0 Å². The Morgan fingerprint density at radius 1 is 1.00 bits per heavy atom. The third-order valence-corrected chi connectivity index (χ3v) is 8.56. The van der Waals surface area contributed by atoms with Gasteiger partial charge in [0.1, 0.15) is 0 Å². The van der Waals surface area contributed by atoms with E-state index < -0.39 is 17.0 Å². The first-order valence-corrected chi connectivity index (χ1v) is 10.3. The molecule has 0 aromatic carbocycles. The number of hydrogen-bond acceptors (Lipinski definition) is 2. The summed E-state index contributed by atoms with van der Waals surface area (Å²) in [5, 5.41) is 3.43. The summed E-state index contributed by atoms with van der Waals surface area (Å²) in [6.07, 6.45) is 1.87. The van der Waals surface area contributed by atoms with Crippen LogP contribution in [0.25, 0.3) is 0 Å². The lowest BCUT2D eigenvalue weighted by atomic mass is 9.43. The van der Waals surface area contributed by atoms with Gasteiger partial charge in [0, 0.05) is 19.6 Å². The van der Waals surface area contributed by atoms with Gasteiger partial charge in [0.15, 0.2) is 0 Å². The molecule has 2 atom stereocenters. The van der Waals surface area contributed by atoms with Gasteiger partial charge in [0.25, 0.3) is 0 Å². The Labute approximate surface area is 153 Å². The Morgan fingerprint density at radius 2 is 1.65 bits per heavy atom. The fraction of sp³-hybridized carbons (Fsp3) is 0.950. The van der Waals surface area contributed by atoms with Gasteiger partial charge in [-0.1, -0.05) is 0 Å². The zero-order valence-electron chi connectivity index (χ0n) is 15.3. The van der Waals surface area contributed by atoms with Crippen LogP contribution in [-0.2, 0) is 4.79 Å². The predicted octanol–water partition coefficient (Wildman–Crippen LogP) is 3.74. The van der Waals surface area contributed by atoms with Crippen molar-refractivity contribution in [2.45, 2.75) is 64.0 Å². The number of rotatable bonds is 1. The molecule has 3 nitrogen and oxygen atoms in total. The van der Waals surface area contributed by atoms with Crippen molar-refractivity contribution < 1.29 is 18.0 Å². The third kappa shape index (κ3) is 2.39. The smallest absolute Gasteiger partial charge is 0.342 e. The monoisotopic (exact) mass is 370 g/mol. The topological polar surface area (TPSA) is 32.3 Å². The summed E-state index contributed by atoms with van der Waals surface area (Å²) < 4.78 is 41.8. The van der Waals surface area contributed by atoms with Gasteiger partial charge >= 0.3 is 6.18 Å². The Hall–Kier alpha value is -0.780. The lowest BCUT2D eigenvalue weighted by molar-refractivity contribution is -0.284. The Balaban J connectivity index is 1.37. The standard InChI is InChI=1S/C20H29F3N2O/c21-20(22,23)19-10-14-7-15(11-19)9-18(8-14,12-19)16(26)25-5-2-17(3-6-25)1-4-24-13-17/h14-15,24H,1-13H2. The van der Waals surface area contributed by atoms with Crippen LogP contribution < -0.4 is 5.32 Å². The highest BCUT2D eigenvalue weighted by Gasteiger charge is 2.69. The summed E-state index contributed by atoms with van der Waals surface area (Å²) in [6, 6.07) is 0. The molecule has 6 fully saturated rings. The molecule has 146 valence electrons. The van der Waals surface area contributed by atoms with Crippen molar-refractivity contribution in [3.05, 3.63) is 0 Å². The fourth-order valence-corrected chi connectivity index (χ4v) is 7.59. The largest absolute Gasteiger partial charge is 0.394 e. The first kappa shape index (κ1) is 17.3. The first-order chi connectivity index (χ1) is 12.3. The van der Waals surface area contributed by atoms with E-state index in [1.807, 2.05) is 4.90 Å². The van der Waals surface area contributed by atoms with Crippen molar-refractivity contribution in [1.29, 1.82) is 0 Å². The van der Waals surface area contributed by atoms with Gasteiger partial charge in [-0.05, 0) is 81.6 Å². The number of piperidine rings is 1. The van der Waals surface area contributed by atoms with Crippen LogP contribution in [0.1, 0.15) is 57.8 Å². The lowest BCUT2D eigenvalue weighted by Gasteiger charge is -2.62. The normalized spacial score (nSPS) is 44.0. The number of nitrogens with one attached hydrogen (secondary N) is 1. The van der Waals surface area contributed by atoms with E-state index in [1.165, 1.54) is 6.42 Å². The second-order valence-corrected chi connectivity index (χ2v) is 10.2. The highest BCUT2D eigenvalue weighted by atomic mass is 19.4. The fourth-order valence-electron chi connectivity index (χ4n) is 7.59. The van der Waals surface area contributed by atoms with Gasteiger partial charge in [0.2, 0.25) is 5.91 Å². The molecular formula is C20H29F3N2O. The molecule has 4 saturated carbocycles. The number of carbonyl (C=O) groups excluding carboxylic acids is 1. The van der Waals surface area contributed by atoms with E-state index in [0.717, 1.165) is 45.4 Å². The summed E-state index contributed by atoms with van der Waals surface area (Å²) in [5.74, 6) is 0.245. The predicted molar refractivity (Wildman–Crippen MR) is 91.3 cm³/mol. The first-order valence-electron chi connectivity index (χ1n) is 10.3. The molecule has 2 heterocycles. The van der Waals surface area contributed by atoms with Gasteiger partial charge in [0.05, 0.1) is 10.8 Å².